The molecule has 3 aromatic rings. The Morgan fingerprint density at radius 1 is 0.900 bits per heavy atom. The molecule has 0 atom stereocenters. The number of rotatable bonds is 6. The summed E-state index contributed by atoms with van der Waals surface area (Å²) >= 11 is 1.42. The van der Waals surface area contributed by atoms with Crippen LogP contribution in [0.3, 0.4) is 0 Å². The number of carbonyl (C=O) groups is 2. The van der Waals surface area contributed by atoms with Crippen LogP contribution in [0, 0.1) is 6.92 Å². The van der Waals surface area contributed by atoms with Gasteiger partial charge in [0, 0.05) is 27.9 Å². The van der Waals surface area contributed by atoms with Gasteiger partial charge >= 0.3 is 0 Å². The standard InChI is InChI=1S/C23H20N2O4S/c1-15-4-2-3-5-19(15)23(27)25-16-6-9-18(10-7-16)30-13-22(26)24-17-8-11-20-21(12-17)29-14-28-20/h2-12H,13-14H2,1H3,(H,24,26)(H,25,27). The fraction of sp³-hybridized carbons (Fsp3) is 0.130. The van der Waals surface area contributed by atoms with Crippen LogP contribution in [0.25, 0.3) is 0 Å². The summed E-state index contributed by atoms with van der Waals surface area (Å²) < 4.78 is 10.6. The topological polar surface area (TPSA) is 76.7 Å². The first-order valence-electron chi connectivity index (χ1n) is 9.38. The summed E-state index contributed by atoms with van der Waals surface area (Å²) in [4.78, 5) is 25.6. The molecule has 0 bridgehead atoms. The van der Waals surface area contributed by atoms with E-state index < -0.39 is 0 Å². The maximum Gasteiger partial charge on any atom is 0.255 e. The number of anilines is 2. The highest BCUT2D eigenvalue weighted by Gasteiger charge is 2.14. The van der Waals surface area contributed by atoms with Crippen LogP contribution in [-0.2, 0) is 4.79 Å². The van der Waals surface area contributed by atoms with Crippen LogP contribution in [0.15, 0.2) is 71.6 Å². The van der Waals surface area contributed by atoms with Crippen molar-refractivity contribution in [2.75, 3.05) is 23.2 Å². The Labute approximate surface area is 178 Å². The van der Waals surface area contributed by atoms with Gasteiger partial charge in [0.2, 0.25) is 12.7 Å². The lowest BCUT2D eigenvalue weighted by Crippen LogP contribution is -2.14. The van der Waals surface area contributed by atoms with E-state index in [4.69, 9.17) is 9.47 Å². The molecular weight excluding hydrogens is 400 g/mol. The van der Waals surface area contributed by atoms with Crippen molar-refractivity contribution in [3.63, 3.8) is 0 Å². The van der Waals surface area contributed by atoms with Gasteiger partial charge in [-0.15, -0.1) is 11.8 Å². The van der Waals surface area contributed by atoms with Gasteiger partial charge in [0.05, 0.1) is 5.75 Å². The Balaban J connectivity index is 1.29. The Kier molecular flexibility index (Phi) is 5.90. The van der Waals surface area contributed by atoms with Crippen LogP contribution >= 0.6 is 11.8 Å². The molecule has 30 heavy (non-hydrogen) atoms. The van der Waals surface area contributed by atoms with E-state index in [1.54, 1.807) is 24.3 Å². The van der Waals surface area contributed by atoms with Crippen LogP contribution in [-0.4, -0.2) is 24.4 Å². The molecule has 1 heterocycles. The average molecular weight is 420 g/mol. The van der Waals surface area contributed by atoms with Crippen LogP contribution in [0.2, 0.25) is 0 Å². The van der Waals surface area contributed by atoms with Gasteiger partial charge in [-0.2, -0.15) is 0 Å². The zero-order chi connectivity index (χ0) is 20.9. The Hall–Kier alpha value is -3.45. The number of benzene rings is 3. The SMILES string of the molecule is Cc1ccccc1C(=O)Nc1ccc(SCC(=O)Nc2ccc3c(c2)OCO3)cc1. The highest BCUT2D eigenvalue weighted by atomic mass is 32.2. The Morgan fingerprint density at radius 2 is 1.63 bits per heavy atom. The van der Waals surface area contributed by atoms with Crippen molar-refractivity contribution in [2.45, 2.75) is 11.8 Å². The molecular formula is C23H20N2O4S. The third-order valence-electron chi connectivity index (χ3n) is 4.53. The van der Waals surface area contributed by atoms with E-state index in [9.17, 15) is 9.59 Å². The average Bonchev–Trinajstić information content (AvgIpc) is 3.21. The molecule has 1 aliphatic rings. The largest absolute Gasteiger partial charge is 0.454 e. The number of aryl methyl sites for hydroxylation is 1. The second-order valence-electron chi connectivity index (χ2n) is 6.70. The quantitative estimate of drug-likeness (QED) is 0.565. The Bertz CT molecular complexity index is 1080. The smallest absolute Gasteiger partial charge is 0.255 e. The third kappa shape index (κ3) is 4.75. The molecule has 1 aliphatic heterocycles. The minimum Gasteiger partial charge on any atom is -0.454 e. The molecule has 0 radical (unpaired) electrons. The number of hydrogen-bond acceptors (Lipinski definition) is 5. The van der Waals surface area contributed by atoms with Crippen LogP contribution in [0.5, 0.6) is 11.5 Å². The van der Waals surface area contributed by atoms with Crippen LogP contribution in [0.1, 0.15) is 15.9 Å². The van der Waals surface area contributed by atoms with Crippen molar-refractivity contribution in [1.29, 1.82) is 0 Å². The van der Waals surface area contributed by atoms with Gasteiger partial charge in [-0.05, 0) is 55.0 Å². The van der Waals surface area contributed by atoms with Crippen LogP contribution < -0.4 is 20.1 Å². The molecule has 2 amide bonds. The molecule has 2 N–H and O–H groups in total. The number of hydrogen-bond donors (Lipinski definition) is 2. The van der Waals surface area contributed by atoms with Crippen molar-refractivity contribution in [3.8, 4) is 11.5 Å². The normalized spacial score (nSPS) is 11.8. The minimum absolute atomic E-state index is 0.115. The number of thioether (sulfide) groups is 1. The molecule has 6 nitrogen and oxygen atoms in total. The van der Waals surface area contributed by atoms with E-state index in [0.717, 1.165) is 10.5 Å². The molecule has 4 rings (SSSR count). The second-order valence-corrected chi connectivity index (χ2v) is 7.75. The first-order valence-corrected chi connectivity index (χ1v) is 10.4. The third-order valence-corrected chi connectivity index (χ3v) is 5.54. The number of nitrogens with one attached hydrogen (secondary N) is 2. The van der Waals surface area contributed by atoms with Gasteiger partial charge in [-0.25, -0.2) is 0 Å². The maximum atomic E-state index is 12.4. The first-order chi connectivity index (χ1) is 14.6. The van der Waals surface area contributed by atoms with E-state index in [1.807, 2.05) is 49.4 Å². The van der Waals surface area contributed by atoms with Gasteiger partial charge in [-0.1, -0.05) is 18.2 Å². The molecule has 0 saturated carbocycles. The van der Waals surface area contributed by atoms with Crippen LogP contribution in [0.4, 0.5) is 11.4 Å². The van der Waals surface area contributed by atoms with Crippen molar-refractivity contribution >= 4 is 35.0 Å². The highest BCUT2D eigenvalue weighted by Crippen LogP contribution is 2.34. The van der Waals surface area contributed by atoms with E-state index in [-0.39, 0.29) is 24.4 Å². The zero-order valence-corrected chi connectivity index (χ0v) is 17.1. The molecule has 7 heteroatoms. The number of carbonyl (C=O) groups excluding carboxylic acids is 2. The number of fused-ring (bicyclic) bond motifs is 1. The second kappa shape index (κ2) is 8.92. The summed E-state index contributed by atoms with van der Waals surface area (Å²) in [6, 6.07) is 20.2. The maximum absolute atomic E-state index is 12.4. The highest BCUT2D eigenvalue weighted by molar-refractivity contribution is 8.00. The zero-order valence-electron chi connectivity index (χ0n) is 16.3. The summed E-state index contributed by atoms with van der Waals surface area (Å²) in [5.41, 5.74) is 2.95. The molecule has 0 fully saturated rings. The Morgan fingerprint density at radius 3 is 2.43 bits per heavy atom. The number of ether oxygens (including phenoxy) is 2. The van der Waals surface area contributed by atoms with Gasteiger partial charge < -0.3 is 20.1 Å². The van der Waals surface area contributed by atoms with E-state index >= 15 is 0 Å². The molecule has 3 aromatic carbocycles. The molecule has 0 unspecified atom stereocenters. The molecule has 0 aliphatic carbocycles. The van der Waals surface area contributed by atoms with E-state index in [0.29, 0.717) is 28.4 Å². The number of amides is 2. The summed E-state index contributed by atoms with van der Waals surface area (Å²) in [5, 5.41) is 5.75. The lowest BCUT2D eigenvalue weighted by atomic mass is 10.1. The van der Waals surface area contributed by atoms with E-state index in [2.05, 4.69) is 10.6 Å². The molecule has 0 spiro atoms. The van der Waals surface area contributed by atoms with E-state index in [1.165, 1.54) is 11.8 Å². The fourth-order valence-corrected chi connectivity index (χ4v) is 3.68. The minimum atomic E-state index is -0.142. The summed E-state index contributed by atoms with van der Waals surface area (Å²) in [7, 11) is 0. The van der Waals surface area contributed by atoms with Crippen molar-refractivity contribution < 1.29 is 19.1 Å². The predicted octanol–water partition coefficient (Wildman–Crippen LogP) is 4.71. The van der Waals surface area contributed by atoms with Gasteiger partial charge in [0.25, 0.3) is 5.91 Å². The molecule has 152 valence electrons. The summed E-state index contributed by atoms with van der Waals surface area (Å²) in [5.74, 6) is 1.32. The van der Waals surface area contributed by atoms with Crippen molar-refractivity contribution in [1.82, 2.24) is 0 Å². The predicted molar refractivity (Wildman–Crippen MR) is 117 cm³/mol. The molecule has 0 saturated heterocycles. The van der Waals surface area contributed by atoms with Crippen molar-refractivity contribution in [2.24, 2.45) is 0 Å². The fourth-order valence-electron chi connectivity index (χ4n) is 2.98. The molecule has 0 aromatic heterocycles. The monoisotopic (exact) mass is 420 g/mol. The first kappa shape index (κ1) is 19.8. The van der Waals surface area contributed by atoms with Gasteiger partial charge in [-0.3, -0.25) is 9.59 Å². The lowest BCUT2D eigenvalue weighted by molar-refractivity contribution is -0.113. The summed E-state index contributed by atoms with van der Waals surface area (Å²) in [6.45, 7) is 2.10. The summed E-state index contributed by atoms with van der Waals surface area (Å²) in [6.07, 6.45) is 0. The van der Waals surface area contributed by atoms with Gasteiger partial charge in [0.1, 0.15) is 0 Å². The lowest BCUT2D eigenvalue weighted by Gasteiger charge is -2.09. The van der Waals surface area contributed by atoms with Gasteiger partial charge in [0.15, 0.2) is 11.5 Å². The van der Waals surface area contributed by atoms with Crippen molar-refractivity contribution in [3.05, 3.63) is 77.9 Å².